The smallest absolute Gasteiger partial charge is 0.324 e. The second kappa shape index (κ2) is 7.12. The fraction of sp³-hybridized carbons (Fsp3) is 0.538. The Morgan fingerprint density at radius 1 is 1.21 bits per heavy atom. The van der Waals surface area contributed by atoms with Crippen molar-refractivity contribution in [2.24, 2.45) is 5.73 Å². The number of alkyl halides is 3. The van der Waals surface area contributed by atoms with E-state index in [1.807, 2.05) is 12.1 Å². The van der Waals surface area contributed by atoms with Crippen LogP contribution in [0, 0.1) is 0 Å². The van der Waals surface area contributed by atoms with Crippen molar-refractivity contribution in [1.82, 2.24) is 4.90 Å². The molecule has 0 heterocycles. The van der Waals surface area contributed by atoms with Crippen molar-refractivity contribution in [2.75, 3.05) is 20.1 Å². The molecule has 2 nitrogen and oxygen atoms in total. The molecular weight excluding hydrogens is 277 g/mol. The van der Waals surface area contributed by atoms with Gasteiger partial charge < -0.3 is 10.6 Å². The third-order valence-corrected chi connectivity index (χ3v) is 3.15. The third kappa shape index (κ3) is 6.80. The van der Waals surface area contributed by atoms with E-state index >= 15 is 0 Å². The quantitative estimate of drug-likeness (QED) is 0.868. The maximum absolute atomic E-state index is 12.1. The van der Waals surface area contributed by atoms with Crippen LogP contribution in [0.3, 0.4) is 0 Å². The molecular formula is C13H18ClF3N2. The number of rotatable bonds is 6. The molecule has 1 rings (SSSR count). The Labute approximate surface area is 116 Å². The van der Waals surface area contributed by atoms with Gasteiger partial charge in [-0.2, -0.15) is 13.2 Å². The van der Waals surface area contributed by atoms with Crippen LogP contribution in [0.15, 0.2) is 24.3 Å². The minimum Gasteiger partial charge on any atom is -0.324 e. The molecule has 1 unspecified atom stereocenters. The van der Waals surface area contributed by atoms with Crippen molar-refractivity contribution >= 4 is 11.6 Å². The summed E-state index contributed by atoms with van der Waals surface area (Å²) in [6.07, 6.45) is -4.29. The molecule has 19 heavy (non-hydrogen) atoms. The van der Waals surface area contributed by atoms with Gasteiger partial charge in [0.2, 0.25) is 0 Å². The van der Waals surface area contributed by atoms with Gasteiger partial charge in [0.05, 0.1) is 6.42 Å². The number of hydrogen-bond acceptors (Lipinski definition) is 2. The van der Waals surface area contributed by atoms with Crippen LogP contribution in [0.25, 0.3) is 0 Å². The Morgan fingerprint density at radius 2 is 1.79 bits per heavy atom. The molecule has 108 valence electrons. The molecule has 0 saturated heterocycles. The minimum absolute atomic E-state index is 0.00314. The lowest BCUT2D eigenvalue weighted by Crippen LogP contribution is -2.27. The van der Waals surface area contributed by atoms with Crippen molar-refractivity contribution in [2.45, 2.75) is 25.1 Å². The van der Waals surface area contributed by atoms with E-state index < -0.39 is 12.6 Å². The monoisotopic (exact) mass is 294 g/mol. The van der Waals surface area contributed by atoms with E-state index in [4.69, 9.17) is 17.3 Å². The lowest BCUT2D eigenvalue weighted by atomic mass is 10.0. The molecule has 2 N–H and O–H groups in total. The number of hydrogen-bond donors (Lipinski definition) is 1. The molecule has 0 amide bonds. The summed E-state index contributed by atoms with van der Waals surface area (Å²) in [5.74, 6) is 0. The number of nitrogens with two attached hydrogens (primary N) is 1. The van der Waals surface area contributed by atoms with Crippen LogP contribution in [0.2, 0.25) is 5.02 Å². The Hall–Kier alpha value is -0.780. The topological polar surface area (TPSA) is 29.3 Å². The van der Waals surface area contributed by atoms with Crippen molar-refractivity contribution in [3.05, 3.63) is 34.9 Å². The molecule has 0 aliphatic rings. The van der Waals surface area contributed by atoms with Gasteiger partial charge in [0.1, 0.15) is 0 Å². The van der Waals surface area contributed by atoms with Crippen LogP contribution in [0.5, 0.6) is 0 Å². The van der Waals surface area contributed by atoms with Gasteiger partial charge in [-0.25, -0.2) is 0 Å². The average Bonchev–Trinajstić information content (AvgIpc) is 2.33. The molecule has 0 saturated carbocycles. The number of nitrogens with zero attached hydrogens (tertiary/aromatic N) is 1. The lowest BCUT2D eigenvalue weighted by Gasteiger charge is -2.20. The summed E-state index contributed by atoms with van der Waals surface area (Å²) in [7, 11) is 1.67. The van der Waals surface area contributed by atoms with Gasteiger partial charge in [-0.05, 0) is 37.7 Å². The van der Waals surface area contributed by atoms with Crippen molar-refractivity contribution in [3.63, 3.8) is 0 Å². The van der Waals surface area contributed by atoms with Gasteiger partial charge in [-0.15, -0.1) is 0 Å². The molecule has 0 aliphatic heterocycles. The zero-order chi connectivity index (χ0) is 14.5. The Kier molecular flexibility index (Phi) is 6.10. The summed E-state index contributed by atoms with van der Waals surface area (Å²) in [6.45, 7) is 0.525. The molecule has 1 aromatic rings. The van der Waals surface area contributed by atoms with E-state index in [2.05, 4.69) is 0 Å². The third-order valence-electron chi connectivity index (χ3n) is 2.90. The van der Waals surface area contributed by atoms with Crippen LogP contribution >= 0.6 is 11.6 Å². The summed E-state index contributed by atoms with van der Waals surface area (Å²) in [5.41, 5.74) is 6.92. The first-order valence-electron chi connectivity index (χ1n) is 6.04. The van der Waals surface area contributed by atoms with Crippen molar-refractivity contribution in [3.8, 4) is 0 Å². The van der Waals surface area contributed by atoms with Gasteiger partial charge >= 0.3 is 6.18 Å². The normalized spacial score (nSPS) is 13.8. The Bertz CT molecular complexity index is 378. The minimum atomic E-state index is -4.10. The Morgan fingerprint density at radius 3 is 2.32 bits per heavy atom. The molecule has 0 fully saturated rings. The van der Waals surface area contributed by atoms with Gasteiger partial charge in [-0.3, -0.25) is 0 Å². The standard InChI is InChI=1S/C13H18ClF3N2/c1-19(9-7-13(15,16)17)8-6-12(18)10-2-4-11(14)5-3-10/h2-5,12H,6-9,18H2,1H3. The predicted octanol–water partition coefficient (Wildman–Crippen LogP) is 3.61. The summed E-state index contributed by atoms with van der Waals surface area (Å²) < 4.78 is 36.2. The molecule has 0 aromatic heterocycles. The zero-order valence-electron chi connectivity index (χ0n) is 10.8. The molecule has 0 aliphatic carbocycles. The highest BCUT2D eigenvalue weighted by Crippen LogP contribution is 2.20. The van der Waals surface area contributed by atoms with Crippen LogP contribution in [0.4, 0.5) is 13.2 Å². The maximum atomic E-state index is 12.1. The zero-order valence-corrected chi connectivity index (χ0v) is 11.5. The highest BCUT2D eigenvalue weighted by molar-refractivity contribution is 6.30. The molecule has 0 radical (unpaired) electrons. The number of benzene rings is 1. The largest absolute Gasteiger partial charge is 0.390 e. The van der Waals surface area contributed by atoms with E-state index in [0.29, 0.717) is 18.0 Å². The first kappa shape index (κ1) is 16.3. The summed E-state index contributed by atoms with van der Waals surface area (Å²) >= 11 is 5.77. The van der Waals surface area contributed by atoms with E-state index in [1.54, 1.807) is 24.1 Å². The van der Waals surface area contributed by atoms with E-state index in [9.17, 15) is 13.2 Å². The molecule has 6 heteroatoms. The van der Waals surface area contributed by atoms with Crippen LogP contribution in [-0.2, 0) is 0 Å². The van der Waals surface area contributed by atoms with Gasteiger partial charge in [0.15, 0.2) is 0 Å². The van der Waals surface area contributed by atoms with Crippen LogP contribution in [0.1, 0.15) is 24.4 Å². The first-order valence-corrected chi connectivity index (χ1v) is 6.42. The highest BCUT2D eigenvalue weighted by Gasteiger charge is 2.27. The van der Waals surface area contributed by atoms with Gasteiger partial charge in [-0.1, -0.05) is 23.7 Å². The van der Waals surface area contributed by atoms with Crippen molar-refractivity contribution in [1.29, 1.82) is 0 Å². The summed E-state index contributed by atoms with van der Waals surface area (Å²) in [6, 6.07) is 6.99. The Balaban J connectivity index is 2.33. The first-order chi connectivity index (χ1) is 8.78. The van der Waals surface area contributed by atoms with E-state index in [1.165, 1.54) is 0 Å². The SMILES string of the molecule is CN(CCC(N)c1ccc(Cl)cc1)CCC(F)(F)F. The van der Waals surface area contributed by atoms with E-state index in [-0.39, 0.29) is 12.6 Å². The highest BCUT2D eigenvalue weighted by atomic mass is 35.5. The second-order valence-electron chi connectivity index (χ2n) is 4.62. The molecule has 0 spiro atoms. The number of halogens is 4. The molecule has 1 aromatic carbocycles. The van der Waals surface area contributed by atoms with Gasteiger partial charge in [0, 0.05) is 17.6 Å². The predicted molar refractivity (Wildman–Crippen MR) is 71.2 cm³/mol. The van der Waals surface area contributed by atoms with Gasteiger partial charge in [0.25, 0.3) is 0 Å². The second-order valence-corrected chi connectivity index (χ2v) is 5.05. The summed E-state index contributed by atoms with van der Waals surface area (Å²) in [4.78, 5) is 1.64. The fourth-order valence-electron chi connectivity index (χ4n) is 1.67. The van der Waals surface area contributed by atoms with Crippen molar-refractivity contribution < 1.29 is 13.2 Å². The molecule has 1 atom stereocenters. The van der Waals surface area contributed by atoms with Crippen LogP contribution < -0.4 is 5.73 Å². The summed E-state index contributed by atoms with van der Waals surface area (Å²) in [5, 5.41) is 0.637. The maximum Gasteiger partial charge on any atom is 0.390 e. The van der Waals surface area contributed by atoms with E-state index in [0.717, 1.165) is 5.56 Å². The average molecular weight is 295 g/mol. The fourth-order valence-corrected chi connectivity index (χ4v) is 1.79. The van der Waals surface area contributed by atoms with Crippen LogP contribution in [-0.4, -0.2) is 31.2 Å². The lowest BCUT2D eigenvalue weighted by molar-refractivity contribution is -0.137. The molecule has 0 bridgehead atoms.